The molecule has 2 aromatic rings. The summed E-state index contributed by atoms with van der Waals surface area (Å²) in [5.74, 6) is 0.590. The summed E-state index contributed by atoms with van der Waals surface area (Å²) in [4.78, 5) is 38.0. The number of anilines is 1. The van der Waals surface area contributed by atoms with Gasteiger partial charge in [0, 0.05) is 32.2 Å². The third kappa shape index (κ3) is 10.8. The van der Waals surface area contributed by atoms with Crippen molar-refractivity contribution in [1.82, 2.24) is 14.8 Å². The number of rotatable bonds is 22. The Hall–Kier alpha value is -2.75. The summed E-state index contributed by atoms with van der Waals surface area (Å²) in [6.07, 6.45) is 9.63. The van der Waals surface area contributed by atoms with E-state index in [0.29, 0.717) is 16.6 Å². The van der Waals surface area contributed by atoms with Crippen molar-refractivity contribution in [1.29, 1.82) is 5.53 Å². The van der Waals surface area contributed by atoms with Crippen LogP contribution in [0.4, 0.5) is 10.8 Å². The third-order valence-electron chi connectivity index (χ3n) is 7.54. The number of amides is 2. The van der Waals surface area contributed by atoms with E-state index in [-0.39, 0.29) is 31.0 Å². The number of nitrogens with one attached hydrogen (secondary N) is 1. The molecule has 0 fully saturated rings. The molecule has 0 aliphatic carbocycles. The van der Waals surface area contributed by atoms with Crippen LogP contribution in [0.2, 0.25) is 0 Å². The van der Waals surface area contributed by atoms with E-state index >= 15 is 0 Å². The van der Waals surface area contributed by atoms with Crippen LogP contribution in [0.15, 0.2) is 17.2 Å². The van der Waals surface area contributed by atoms with Crippen molar-refractivity contribution in [2.75, 3.05) is 44.2 Å². The maximum Gasteiger partial charge on any atom is 0.242 e. The van der Waals surface area contributed by atoms with E-state index in [2.05, 4.69) is 46.7 Å². The van der Waals surface area contributed by atoms with Crippen LogP contribution in [0, 0.1) is 5.53 Å². The highest BCUT2D eigenvalue weighted by Crippen LogP contribution is 2.38. The van der Waals surface area contributed by atoms with Crippen LogP contribution >= 0.6 is 11.3 Å². The van der Waals surface area contributed by atoms with Crippen molar-refractivity contribution in [3.8, 4) is 5.75 Å². The van der Waals surface area contributed by atoms with Gasteiger partial charge >= 0.3 is 0 Å². The lowest BCUT2D eigenvalue weighted by atomic mass is 10.2. The lowest BCUT2D eigenvalue weighted by molar-refractivity contribution is -0.130. The molecule has 1 N–H and O–H groups in total. The summed E-state index contributed by atoms with van der Waals surface area (Å²) < 4.78 is 7.02. The summed E-state index contributed by atoms with van der Waals surface area (Å²) in [7, 11) is 0. The van der Waals surface area contributed by atoms with Gasteiger partial charge in [0.15, 0.2) is 5.13 Å². The summed E-state index contributed by atoms with van der Waals surface area (Å²) in [6.45, 7) is 15.8. The van der Waals surface area contributed by atoms with Gasteiger partial charge in [-0.1, -0.05) is 78.6 Å². The van der Waals surface area contributed by atoms with Crippen molar-refractivity contribution < 1.29 is 14.3 Å². The number of unbranched alkanes of at least 4 members (excludes halogenated alkanes) is 4. The molecule has 0 atom stereocenters. The van der Waals surface area contributed by atoms with E-state index in [1.165, 1.54) is 11.3 Å². The number of carbonyl (C=O) groups excluding carboxylic acids is 2. The Morgan fingerprint density at radius 1 is 0.833 bits per heavy atom. The maximum absolute atomic E-state index is 13.7. The zero-order valence-corrected chi connectivity index (χ0v) is 27.7. The Morgan fingerprint density at radius 2 is 1.31 bits per heavy atom. The fraction of sp³-hybridized carbons (Fsp3) is 0.719. The van der Waals surface area contributed by atoms with Crippen molar-refractivity contribution >= 4 is 44.2 Å². The topological polar surface area (TPSA) is 102 Å². The number of hydrogen-bond donors (Lipinski definition) is 1. The predicted molar refractivity (Wildman–Crippen MR) is 174 cm³/mol. The number of benzene rings is 1. The first kappa shape index (κ1) is 35.4. The summed E-state index contributed by atoms with van der Waals surface area (Å²) in [5, 5.41) is 4.35. The van der Waals surface area contributed by atoms with Gasteiger partial charge in [0.1, 0.15) is 11.4 Å². The largest absolute Gasteiger partial charge is 0.488 e. The van der Waals surface area contributed by atoms with Crippen LogP contribution in [0.1, 0.15) is 106 Å². The molecule has 0 aliphatic rings. The normalized spacial score (nSPS) is 11.2. The standard InChI is InChI=1S/C32H54N6O3S/c1-7-13-17-36(18-14-8-2)30(39)23-38(24-31(40)37(19-15-9-3)20-16-10-4)32-34-27-21-28(41-25(11-5)12-6)26(35-33)22-29(27)42-32/h21-22,25,33H,7-20,23-24H2,1-6H3. The molecule has 1 aromatic heterocycles. The van der Waals surface area contributed by atoms with E-state index in [4.69, 9.17) is 15.3 Å². The number of thiazole rings is 1. The fourth-order valence-corrected chi connectivity index (χ4v) is 5.70. The van der Waals surface area contributed by atoms with Gasteiger partial charge in [0.2, 0.25) is 11.8 Å². The number of fused-ring (bicyclic) bond motifs is 1. The molecule has 42 heavy (non-hydrogen) atoms. The lowest BCUT2D eigenvalue weighted by Crippen LogP contribution is -2.46. The number of carbonyl (C=O) groups is 2. The molecule has 0 aliphatic heterocycles. The molecule has 9 nitrogen and oxygen atoms in total. The van der Waals surface area contributed by atoms with Crippen LogP contribution in [0.3, 0.4) is 0 Å². The van der Waals surface area contributed by atoms with Crippen molar-refractivity contribution in [2.45, 2.75) is 112 Å². The maximum atomic E-state index is 13.7. The summed E-state index contributed by atoms with van der Waals surface area (Å²) in [6, 6.07) is 3.67. The van der Waals surface area contributed by atoms with E-state index in [1.807, 2.05) is 26.8 Å². The average molecular weight is 603 g/mol. The SMILES string of the molecule is CCCCN(CCCC)C(=O)CN(CC(=O)N(CCCC)CCCC)c1nc2cc(OC(CC)CC)c(N=N)cc2s1. The molecule has 1 aromatic carbocycles. The lowest BCUT2D eigenvalue weighted by Gasteiger charge is -2.29. The van der Waals surface area contributed by atoms with Crippen LogP contribution in [-0.4, -0.2) is 72.0 Å². The Bertz CT molecular complexity index is 1050. The molecule has 10 heteroatoms. The molecule has 0 spiro atoms. The van der Waals surface area contributed by atoms with Gasteiger partial charge in [0.05, 0.1) is 29.4 Å². The Kier molecular flexibility index (Phi) is 16.4. The van der Waals surface area contributed by atoms with E-state index in [0.717, 1.165) is 101 Å². The number of hydrogen-bond acceptors (Lipinski definition) is 8. The molecule has 2 amide bonds. The van der Waals surface area contributed by atoms with Gasteiger partial charge in [-0.2, -0.15) is 5.11 Å². The Labute approximate surface area is 257 Å². The van der Waals surface area contributed by atoms with Gasteiger partial charge in [-0.05, 0) is 44.6 Å². The molecular formula is C32H54N6O3S. The van der Waals surface area contributed by atoms with Gasteiger partial charge in [-0.15, -0.1) is 0 Å². The molecule has 236 valence electrons. The van der Waals surface area contributed by atoms with E-state index < -0.39 is 0 Å². The fourth-order valence-electron chi connectivity index (χ4n) is 4.72. The molecule has 0 radical (unpaired) electrons. The second-order valence-corrected chi connectivity index (χ2v) is 12.0. The molecule has 1 heterocycles. The zero-order chi connectivity index (χ0) is 30.9. The molecular weight excluding hydrogens is 548 g/mol. The first-order valence-corrected chi connectivity index (χ1v) is 17.0. The number of ether oxygens (including phenoxy) is 1. The van der Waals surface area contributed by atoms with Crippen molar-refractivity contribution in [3.63, 3.8) is 0 Å². The Morgan fingerprint density at radius 3 is 1.71 bits per heavy atom. The highest BCUT2D eigenvalue weighted by Gasteiger charge is 2.25. The average Bonchev–Trinajstić information content (AvgIpc) is 3.41. The second-order valence-electron chi connectivity index (χ2n) is 11.0. The minimum Gasteiger partial charge on any atom is -0.488 e. The molecule has 0 saturated carbocycles. The molecule has 0 unspecified atom stereocenters. The van der Waals surface area contributed by atoms with Gasteiger partial charge < -0.3 is 19.4 Å². The minimum atomic E-state index is 0.0252. The van der Waals surface area contributed by atoms with E-state index in [1.54, 1.807) is 0 Å². The van der Waals surface area contributed by atoms with Crippen LogP contribution in [-0.2, 0) is 9.59 Å². The monoisotopic (exact) mass is 602 g/mol. The first-order valence-electron chi connectivity index (χ1n) is 16.1. The zero-order valence-electron chi connectivity index (χ0n) is 26.9. The molecule has 2 rings (SSSR count). The smallest absolute Gasteiger partial charge is 0.242 e. The minimum absolute atomic E-state index is 0.0252. The van der Waals surface area contributed by atoms with Gasteiger partial charge in [-0.3, -0.25) is 9.59 Å². The molecule has 0 bridgehead atoms. The Balaban J connectivity index is 2.46. The van der Waals surface area contributed by atoms with Crippen molar-refractivity contribution in [2.24, 2.45) is 5.11 Å². The third-order valence-corrected chi connectivity index (χ3v) is 8.62. The first-order chi connectivity index (χ1) is 20.3. The van der Waals surface area contributed by atoms with Gasteiger partial charge in [0.25, 0.3) is 0 Å². The van der Waals surface area contributed by atoms with Crippen LogP contribution in [0.25, 0.3) is 10.2 Å². The van der Waals surface area contributed by atoms with Crippen LogP contribution in [0.5, 0.6) is 5.75 Å². The van der Waals surface area contributed by atoms with Crippen molar-refractivity contribution in [3.05, 3.63) is 12.1 Å². The highest BCUT2D eigenvalue weighted by atomic mass is 32.1. The number of aromatic nitrogens is 1. The van der Waals surface area contributed by atoms with Gasteiger partial charge in [-0.25, -0.2) is 10.5 Å². The highest BCUT2D eigenvalue weighted by molar-refractivity contribution is 7.22. The molecule has 0 saturated heterocycles. The van der Waals surface area contributed by atoms with E-state index in [9.17, 15) is 9.59 Å². The quantitative estimate of drug-likeness (QED) is 0.137. The predicted octanol–water partition coefficient (Wildman–Crippen LogP) is 8.19. The summed E-state index contributed by atoms with van der Waals surface area (Å²) in [5.41, 5.74) is 8.90. The summed E-state index contributed by atoms with van der Waals surface area (Å²) >= 11 is 1.43. The van der Waals surface area contributed by atoms with Crippen LogP contribution < -0.4 is 9.64 Å². The number of nitrogens with zero attached hydrogens (tertiary/aromatic N) is 5. The second kappa shape index (κ2) is 19.4.